The Morgan fingerprint density at radius 3 is 2.58 bits per heavy atom. The zero-order valence-electron chi connectivity index (χ0n) is 18.5. The van der Waals surface area contributed by atoms with Crippen LogP contribution in [-0.2, 0) is 11.3 Å². The Morgan fingerprint density at radius 2 is 1.97 bits per heavy atom. The molecule has 1 aliphatic rings. The first-order valence-corrected chi connectivity index (χ1v) is 10.9. The maximum Gasteiger partial charge on any atom is 0.191 e. The molecule has 1 fully saturated rings. The van der Waals surface area contributed by atoms with Crippen molar-refractivity contribution in [1.29, 1.82) is 0 Å². The summed E-state index contributed by atoms with van der Waals surface area (Å²) in [5.74, 6) is 2.21. The molecule has 1 saturated heterocycles. The molecule has 3 rings (SSSR count). The normalized spacial score (nSPS) is 15.7. The third-order valence-electron chi connectivity index (χ3n) is 5.04. The summed E-state index contributed by atoms with van der Waals surface area (Å²) < 4.78 is 16.5. The van der Waals surface area contributed by atoms with Crippen LogP contribution in [0.15, 0.2) is 29.4 Å². The summed E-state index contributed by atoms with van der Waals surface area (Å²) in [5, 5.41) is 7.86. The fourth-order valence-electron chi connectivity index (χ4n) is 3.46. The van der Waals surface area contributed by atoms with Gasteiger partial charge in [0, 0.05) is 37.8 Å². The van der Waals surface area contributed by atoms with E-state index in [4.69, 9.17) is 14.2 Å². The average Bonchev–Trinajstić information content (AvgIpc) is 3.21. The molecule has 2 heterocycles. The number of hydrogen-bond donors (Lipinski definition) is 2. The summed E-state index contributed by atoms with van der Waals surface area (Å²) >= 11 is 1.69. The predicted octanol–water partition coefficient (Wildman–Crippen LogP) is 2.83. The highest BCUT2D eigenvalue weighted by molar-refractivity contribution is 14.0. The van der Waals surface area contributed by atoms with E-state index in [0.29, 0.717) is 13.1 Å². The van der Waals surface area contributed by atoms with E-state index in [-0.39, 0.29) is 30.0 Å². The van der Waals surface area contributed by atoms with E-state index in [1.54, 1.807) is 32.6 Å². The fraction of sp³-hybridized carbons (Fsp3) is 0.524. The van der Waals surface area contributed by atoms with E-state index < -0.39 is 0 Å². The molecule has 31 heavy (non-hydrogen) atoms. The SMILES string of the molecule is CN=C(NCc1ncc(C)s1)NCC(c1ccc(OC)c(OC)c1)N1CCOCC1.I. The number of morpholine rings is 1. The quantitative estimate of drug-likeness (QED) is 0.292. The summed E-state index contributed by atoms with van der Waals surface area (Å²) in [4.78, 5) is 12.4. The van der Waals surface area contributed by atoms with Crippen molar-refractivity contribution < 1.29 is 14.2 Å². The van der Waals surface area contributed by atoms with Gasteiger partial charge in [-0.2, -0.15) is 0 Å². The molecule has 1 aromatic heterocycles. The highest BCUT2D eigenvalue weighted by Crippen LogP contribution is 2.32. The second-order valence-electron chi connectivity index (χ2n) is 6.95. The van der Waals surface area contributed by atoms with E-state index in [1.807, 2.05) is 12.3 Å². The molecule has 0 amide bonds. The molecule has 0 aliphatic carbocycles. The summed E-state index contributed by atoms with van der Waals surface area (Å²) in [5.41, 5.74) is 1.16. The van der Waals surface area contributed by atoms with Crippen LogP contribution in [0.5, 0.6) is 11.5 Å². The minimum atomic E-state index is 0. The van der Waals surface area contributed by atoms with Gasteiger partial charge in [0.1, 0.15) is 5.01 Å². The van der Waals surface area contributed by atoms with Crippen molar-refractivity contribution >= 4 is 41.3 Å². The molecular formula is C21H32IN5O3S. The number of thiazole rings is 1. The highest BCUT2D eigenvalue weighted by atomic mass is 127. The van der Waals surface area contributed by atoms with Crippen LogP contribution < -0.4 is 20.1 Å². The molecule has 2 N–H and O–H groups in total. The summed E-state index contributed by atoms with van der Waals surface area (Å²) in [6.45, 7) is 6.64. The van der Waals surface area contributed by atoms with Gasteiger partial charge in [0.15, 0.2) is 17.5 Å². The van der Waals surface area contributed by atoms with Crippen molar-refractivity contribution in [2.45, 2.75) is 19.5 Å². The lowest BCUT2D eigenvalue weighted by molar-refractivity contribution is 0.0169. The number of aromatic nitrogens is 1. The number of aryl methyl sites for hydroxylation is 1. The van der Waals surface area contributed by atoms with Gasteiger partial charge in [0.25, 0.3) is 0 Å². The number of rotatable bonds is 8. The molecule has 0 saturated carbocycles. The number of guanidine groups is 1. The van der Waals surface area contributed by atoms with Crippen LogP contribution in [0.2, 0.25) is 0 Å². The predicted molar refractivity (Wildman–Crippen MR) is 135 cm³/mol. The number of methoxy groups -OCH3 is 2. The molecule has 172 valence electrons. The highest BCUT2D eigenvalue weighted by Gasteiger charge is 2.24. The van der Waals surface area contributed by atoms with Crippen molar-refractivity contribution in [1.82, 2.24) is 20.5 Å². The molecule has 1 unspecified atom stereocenters. The number of halogens is 1. The Labute approximate surface area is 205 Å². The first-order valence-electron chi connectivity index (χ1n) is 10.0. The first-order chi connectivity index (χ1) is 14.6. The zero-order chi connectivity index (χ0) is 21.3. The monoisotopic (exact) mass is 561 g/mol. The van der Waals surface area contributed by atoms with Crippen LogP contribution in [0.4, 0.5) is 0 Å². The molecule has 10 heteroatoms. The van der Waals surface area contributed by atoms with E-state index in [0.717, 1.165) is 54.3 Å². The smallest absolute Gasteiger partial charge is 0.191 e. The van der Waals surface area contributed by atoms with E-state index in [1.165, 1.54) is 4.88 Å². The first kappa shape index (κ1) is 25.6. The largest absolute Gasteiger partial charge is 0.493 e. The Bertz CT molecular complexity index is 842. The Hall–Kier alpha value is -1.63. The summed E-state index contributed by atoms with van der Waals surface area (Å²) in [6, 6.07) is 6.25. The lowest BCUT2D eigenvalue weighted by atomic mass is 10.0. The minimum absolute atomic E-state index is 0. The van der Waals surface area contributed by atoms with Crippen molar-refractivity contribution in [3.05, 3.63) is 39.8 Å². The number of benzene rings is 1. The van der Waals surface area contributed by atoms with Gasteiger partial charge in [-0.25, -0.2) is 4.98 Å². The van der Waals surface area contributed by atoms with Crippen molar-refractivity contribution in [3.63, 3.8) is 0 Å². The molecule has 0 radical (unpaired) electrons. The standard InChI is InChI=1S/C21H31N5O3S.HI/c1-15-12-23-20(30-15)14-25-21(22-2)24-13-17(26-7-9-29-10-8-26)16-5-6-18(27-3)19(11-16)28-4;/h5-6,11-12,17H,7-10,13-14H2,1-4H3,(H2,22,24,25);1H. The van der Waals surface area contributed by atoms with Crippen LogP contribution in [0, 0.1) is 6.92 Å². The third-order valence-corrected chi connectivity index (χ3v) is 5.95. The van der Waals surface area contributed by atoms with Gasteiger partial charge >= 0.3 is 0 Å². The van der Waals surface area contributed by atoms with Gasteiger partial charge in [-0.15, -0.1) is 35.3 Å². The molecule has 2 aromatic rings. The van der Waals surface area contributed by atoms with Crippen molar-refractivity contribution in [2.75, 3.05) is 54.1 Å². The Morgan fingerprint density at radius 1 is 1.23 bits per heavy atom. The van der Waals surface area contributed by atoms with Crippen LogP contribution >= 0.6 is 35.3 Å². The number of nitrogens with one attached hydrogen (secondary N) is 2. The fourth-order valence-corrected chi connectivity index (χ4v) is 4.19. The van der Waals surface area contributed by atoms with Crippen LogP contribution in [0.25, 0.3) is 0 Å². The topological polar surface area (TPSA) is 80.2 Å². The van der Waals surface area contributed by atoms with E-state index in [2.05, 4.69) is 44.6 Å². The maximum atomic E-state index is 5.55. The second-order valence-corrected chi connectivity index (χ2v) is 8.27. The zero-order valence-corrected chi connectivity index (χ0v) is 21.7. The maximum absolute atomic E-state index is 5.55. The van der Waals surface area contributed by atoms with Gasteiger partial charge in [-0.1, -0.05) is 6.07 Å². The number of aliphatic imine (C=N–C) groups is 1. The number of ether oxygens (including phenoxy) is 3. The van der Waals surface area contributed by atoms with Gasteiger partial charge in [-0.3, -0.25) is 9.89 Å². The van der Waals surface area contributed by atoms with E-state index in [9.17, 15) is 0 Å². The Balaban J connectivity index is 0.00000341. The van der Waals surface area contributed by atoms with Gasteiger partial charge in [-0.05, 0) is 24.6 Å². The number of hydrogen-bond acceptors (Lipinski definition) is 7. The van der Waals surface area contributed by atoms with Crippen molar-refractivity contribution in [3.8, 4) is 11.5 Å². The molecule has 1 aromatic carbocycles. The summed E-state index contributed by atoms with van der Waals surface area (Å²) in [7, 11) is 5.09. The lowest BCUT2D eigenvalue weighted by Crippen LogP contribution is -2.46. The third kappa shape index (κ3) is 7.19. The molecule has 8 nitrogen and oxygen atoms in total. The Kier molecular flexibility index (Phi) is 10.8. The van der Waals surface area contributed by atoms with Gasteiger partial charge in [0.05, 0.1) is 40.0 Å². The van der Waals surface area contributed by atoms with Crippen LogP contribution in [0.1, 0.15) is 21.5 Å². The molecule has 0 bridgehead atoms. The minimum Gasteiger partial charge on any atom is -0.493 e. The van der Waals surface area contributed by atoms with E-state index >= 15 is 0 Å². The molecule has 1 aliphatic heterocycles. The second kappa shape index (κ2) is 13.0. The lowest BCUT2D eigenvalue weighted by Gasteiger charge is -2.35. The number of nitrogens with zero attached hydrogens (tertiary/aromatic N) is 3. The van der Waals surface area contributed by atoms with Crippen molar-refractivity contribution in [2.24, 2.45) is 4.99 Å². The van der Waals surface area contributed by atoms with Gasteiger partial charge in [0.2, 0.25) is 0 Å². The van der Waals surface area contributed by atoms with Gasteiger partial charge < -0.3 is 24.8 Å². The van der Waals surface area contributed by atoms with Crippen LogP contribution in [0.3, 0.4) is 0 Å². The summed E-state index contributed by atoms with van der Waals surface area (Å²) in [6.07, 6.45) is 1.89. The molecular weight excluding hydrogens is 529 g/mol. The molecule has 1 atom stereocenters. The van der Waals surface area contributed by atoms with Crippen LogP contribution in [-0.4, -0.2) is 70.0 Å². The average molecular weight is 561 g/mol. The molecule has 0 spiro atoms.